The Labute approximate surface area is 97.2 Å². The van der Waals surface area contributed by atoms with Crippen molar-refractivity contribution in [3.8, 4) is 0 Å². The summed E-state index contributed by atoms with van der Waals surface area (Å²) in [5.41, 5.74) is 2.57. The van der Waals surface area contributed by atoms with Crippen molar-refractivity contribution in [3.63, 3.8) is 0 Å². The maximum Gasteiger partial charge on any atom is 0.205 e. The highest BCUT2D eigenvalue weighted by Crippen LogP contribution is 1.95. The minimum Gasteiger partial charge on any atom is -0.379 e. The smallest absolute Gasteiger partial charge is 0.205 e. The number of nitrogens with two attached hydrogens (primary N) is 1. The van der Waals surface area contributed by atoms with Gasteiger partial charge in [-0.3, -0.25) is 15.3 Å². The van der Waals surface area contributed by atoms with Crippen LogP contribution < -0.4 is 16.6 Å². The van der Waals surface area contributed by atoms with E-state index in [1.807, 2.05) is 0 Å². The van der Waals surface area contributed by atoms with Crippen molar-refractivity contribution in [2.45, 2.75) is 19.9 Å². The SMILES string of the molecule is CC(C)NC(=NCCN1CCOCC1)NN. The van der Waals surface area contributed by atoms with Gasteiger partial charge in [-0.2, -0.15) is 0 Å². The maximum atomic E-state index is 5.36. The molecule has 0 atom stereocenters. The predicted molar refractivity (Wildman–Crippen MR) is 65.2 cm³/mol. The number of morpholine rings is 1. The summed E-state index contributed by atoms with van der Waals surface area (Å²) in [5, 5.41) is 3.14. The van der Waals surface area contributed by atoms with Crippen LogP contribution in [0.25, 0.3) is 0 Å². The molecule has 4 N–H and O–H groups in total. The molecule has 6 nitrogen and oxygen atoms in total. The van der Waals surface area contributed by atoms with Gasteiger partial charge in [0.05, 0.1) is 19.8 Å². The second kappa shape index (κ2) is 7.43. The Kier molecular flexibility index (Phi) is 6.14. The Morgan fingerprint density at radius 2 is 2.12 bits per heavy atom. The van der Waals surface area contributed by atoms with Crippen molar-refractivity contribution < 1.29 is 4.74 Å². The summed E-state index contributed by atoms with van der Waals surface area (Å²) >= 11 is 0. The van der Waals surface area contributed by atoms with E-state index in [1.165, 1.54) is 0 Å². The molecule has 1 heterocycles. The summed E-state index contributed by atoms with van der Waals surface area (Å²) in [6, 6.07) is 0.332. The number of rotatable bonds is 4. The molecule has 1 aliphatic rings. The summed E-state index contributed by atoms with van der Waals surface area (Å²) in [5.74, 6) is 6.02. The first-order chi connectivity index (χ1) is 7.72. The van der Waals surface area contributed by atoms with Gasteiger partial charge in [0.2, 0.25) is 5.96 Å². The molecule has 94 valence electrons. The molecule has 0 spiro atoms. The number of ether oxygens (including phenoxy) is 1. The Bertz CT molecular complexity index is 213. The van der Waals surface area contributed by atoms with Crippen LogP contribution in [0.3, 0.4) is 0 Å². The Hall–Kier alpha value is -0.850. The van der Waals surface area contributed by atoms with Gasteiger partial charge in [-0.1, -0.05) is 0 Å². The molecule has 0 aliphatic carbocycles. The van der Waals surface area contributed by atoms with Gasteiger partial charge in [-0.25, -0.2) is 5.84 Å². The van der Waals surface area contributed by atoms with Crippen molar-refractivity contribution in [2.24, 2.45) is 10.8 Å². The molecule has 6 heteroatoms. The van der Waals surface area contributed by atoms with Gasteiger partial charge < -0.3 is 10.1 Å². The van der Waals surface area contributed by atoms with E-state index >= 15 is 0 Å². The molecule has 0 amide bonds. The van der Waals surface area contributed by atoms with E-state index < -0.39 is 0 Å². The molecule has 0 aromatic rings. The van der Waals surface area contributed by atoms with Gasteiger partial charge in [0.1, 0.15) is 0 Å². The highest BCUT2D eigenvalue weighted by atomic mass is 16.5. The zero-order valence-electron chi connectivity index (χ0n) is 10.2. The molecule has 0 unspecified atom stereocenters. The van der Waals surface area contributed by atoms with Crippen molar-refractivity contribution in [1.82, 2.24) is 15.6 Å². The molecule has 16 heavy (non-hydrogen) atoms. The second-order valence-electron chi connectivity index (χ2n) is 4.13. The first kappa shape index (κ1) is 13.2. The van der Waals surface area contributed by atoms with Crippen molar-refractivity contribution >= 4 is 5.96 Å². The van der Waals surface area contributed by atoms with Gasteiger partial charge >= 0.3 is 0 Å². The summed E-state index contributed by atoms with van der Waals surface area (Å²) in [7, 11) is 0. The highest BCUT2D eigenvalue weighted by Gasteiger charge is 2.09. The van der Waals surface area contributed by atoms with Crippen LogP contribution in [-0.2, 0) is 4.74 Å². The largest absolute Gasteiger partial charge is 0.379 e. The van der Waals surface area contributed by atoms with Crippen LogP contribution in [0.1, 0.15) is 13.8 Å². The van der Waals surface area contributed by atoms with Crippen LogP contribution in [-0.4, -0.2) is 56.3 Å². The highest BCUT2D eigenvalue weighted by molar-refractivity contribution is 5.79. The number of aliphatic imine (C=N–C) groups is 1. The third-order valence-corrected chi connectivity index (χ3v) is 2.35. The van der Waals surface area contributed by atoms with Gasteiger partial charge in [0.15, 0.2) is 0 Å². The monoisotopic (exact) mass is 229 g/mol. The van der Waals surface area contributed by atoms with Crippen LogP contribution >= 0.6 is 0 Å². The summed E-state index contributed by atoms with van der Waals surface area (Å²) < 4.78 is 5.28. The summed E-state index contributed by atoms with van der Waals surface area (Å²) in [6.07, 6.45) is 0. The molecule has 1 fully saturated rings. The molecule has 1 saturated heterocycles. The van der Waals surface area contributed by atoms with Gasteiger partial charge in [-0.15, -0.1) is 0 Å². The number of hydrogen-bond donors (Lipinski definition) is 3. The van der Waals surface area contributed by atoms with Gasteiger partial charge in [0.25, 0.3) is 0 Å². The molecular formula is C10H23N5O. The number of hydrogen-bond acceptors (Lipinski definition) is 4. The minimum atomic E-state index is 0.332. The standard InChI is InChI=1S/C10H23N5O/c1-9(2)13-10(14-11)12-3-4-15-5-7-16-8-6-15/h9H,3-8,11H2,1-2H3,(H2,12,13,14). The zero-order valence-corrected chi connectivity index (χ0v) is 10.2. The van der Waals surface area contributed by atoms with E-state index in [0.29, 0.717) is 12.0 Å². The van der Waals surface area contributed by atoms with Crippen LogP contribution in [0.15, 0.2) is 4.99 Å². The fourth-order valence-corrected chi connectivity index (χ4v) is 1.53. The first-order valence-corrected chi connectivity index (χ1v) is 5.80. The molecule has 1 aliphatic heterocycles. The number of nitrogens with zero attached hydrogens (tertiary/aromatic N) is 2. The second-order valence-corrected chi connectivity index (χ2v) is 4.13. The van der Waals surface area contributed by atoms with Crippen LogP contribution in [0.2, 0.25) is 0 Å². The molecule has 0 aromatic heterocycles. The van der Waals surface area contributed by atoms with E-state index in [1.54, 1.807) is 0 Å². The summed E-state index contributed by atoms with van der Waals surface area (Å²) in [4.78, 5) is 6.71. The lowest BCUT2D eigenvalue weighted by atomic mass is 10.4. The Balaban J connectivity index is 2.21. The first-order valence-electron chi connectivity index (χ1n) is 5.80. The number of hydrazine groups is 1. The fourth-order valence-electron chi connectivity index (χ4n) is 1.53. The van der Waals surface area contributed by atoms with E-state index in [-0.39, 0.29) is 0 Å². The zero-order chi connectivity index (χ0) is 11.8. The van der Waals surface area contributed by atoms with Crippen LogP contribution in [0, 0.1) is 0 Å². The third kappa shape index (κ3) is 5.29. The molecule has 0 radical (unpaired) electrons. The Morgan fingerprint density at radius 1 is 1.44 bits per heavy atom. The maximum absolute atomic E-state index is 5.36. The molecule has 0 bridgehead atoms. The third-order valence-electron chi connectivity index (χ3n) is 2.35. The van der Waals surface area contributed by atoms with E-state index in [9.17, 15) is 0 Å². The van der Waals surface area contributed by atoms with Crippen molar-refractivity contribution in [2.75, 3.05) is 39.4 Å². The van der Waals surface area contributed by atoms with E-state index in [0.717, 1.165) is 39.4 Å². The summed E-state index contributed by atoms with van der Waals surface area (Å²) in [6.45, 7) is 9.46. The van der Waals surface area contributed by atoms with Crippen molar-refractivity contribution in [1.29, 1.82) is 0 Å². The number of guanidine groups is 1. The Morgan fingerprint density at radius 3 is 2.69 bits per heavy atom. The minimum absolute atomic E-state index is 0.332. The van der Waals surface area contributed by atoms with Crippen molar-refractivity contribution in [3.05, 3.63) is 0 Å². The van der Waals surface area contributed by atoms with Crippen LogP contribution in [0.4, 0.5) is 0 Å². The predicted octanol–water partition coefficient (Wildman–Crippen LogP) is -0.864. The average Bonchev–Trinajstić information content (AvgIpc) is 2.28. The average molecular weight is 229 g/mol. The quantitative estimate of drug-likeness (QED) is 0.253. The fraction of sp³-hybridized carbons (Fsp3) is 0.900. The normalized spacial score (nSPS) is 18.9. The molecule has 0 saturated carbocycles. The topological polar surface area (TPSA) is 74.9 Å². The van der Waals surface area contributed by atoms with Gasteiger partial charge in [-0.05, 0) is 13.8 Å². The lowest BCUT2D eigenvalue weighted by molar-refractivity contribution is 0.0394. The molecular weight excluding hydrogens is 206 g/mol. The van der Waals surface area contributed by atoms with E-state index in [2.05, 4.69) is 34.5 Å². The van der Waals surface area contributed by atoms with Crippen LogP contribution in [0.5, 0.6) is 0 Å². The lowest BCUT2D eigenvalue weighted by Crippen LogP contribution is -2.45. The lowest BCUT2D eigenvalue weighted by Gasteiger charge is -2.25. The number of nitrogens with one attached hydrogen (secondary N) is 2. The molecule has 0 aromatic carbocycles. The van der Waals surface area contributed by atoms with Gasteiger partial charge in [0, 0.05) is 25.7 Å². The van der Waals surface area contributed by atoms with E-state index in [4.69, 9.17) is 10.6 Å². The molecule has 1 rings (SSSR count).